The van der Waals surface area contributed by atoms with Crippen molar-refractivity contribution in [3.05, 3.63) is 29.9 Å². The third kappa shape index (κ3) is 2.03. The Morgan fingerprint density at radius 1 is 1.61 bits per heavy atom. The van der Waals surface area contributed by atoms with Crippen molar-refractivity contribution in [2.24, 2.45) is 11.1 Å². The Labute approximate surface area is 105 Å². The number of imidazole rings is 1. The summed E-state index contributed by atoms with van der Waals surface area (Å²) < 4.78 is 5.25. The van der Waals surface area contributed by atoms with E-state index < -0.39 is 0 Å². The maximum Gasteiger partial charge on any atom is 0.243 e. The first-order valence-corrected chi connectivity index (χ1v) is 6.12. The molecule has 6 nitrogen and oxygen atoms in total. The summed E-state index contributed by atoms with van der Waals surface area (Å²) in [5.41, 5.74) is 7.31. The van der Waals surface area contributed by atoms with Gasteiger partial charge in [-0.1, -0.05) is 19.0 Å². The van der Waals surface area contributed by atoms with Crippen molar-refractivity contribution >= 4 is 0 Å². The Hall–Kier alpha value is -1.69. The second-order valence-electron chi connectivity index (χ2n) is 5.62. The molecule has 0 aliphatic heterocycles. The van der Waals surface area contributed by atoms with Crippen LogP contribution in [0.1, 0.15) is 49.6 Å². The van der Waals surface area contributed by atoms with Gasteiger partial charge in [-0.15, -0.1) is 0 Å². The number of hydrogen-bond donors (Lipinski definition) is 2. The topological polar surface area (TPSA) is 93.6 Å². The van der Waals surface area contributed by atoms with Crippen LogP contribution in [-0.2, 0) is 6.42 Å². The van der Waals surface area contributed by atoms with Crippen LogP contribution in [-0.4, -0.2) is 20.1 Å². The smallest absolute Gasteiger partial charge is 0.243 e. The number of nitrogens with one attached hydrogen (secondary N) is 1. The Morgan fingerprint density at radius 3 is 3.00 bits per heavy atom. The minimum absolute atomic E-state index is 0.284. The van der Waals surface area contributed by atoms with Crippen molar-refractivity contribution < 1.29 is 4.52 Å². The zero-order chi connectivity index (χ0) is 12.8. The standard InChI is InChI=1S/C12H17N5O/c1-12(2)4-8(12)10-16-11(18-17-10)9(13)3-7-5-14-6-15-7/h5-6,8-9H,3-4,13H2,1-2H3,(H,14,15). The van der Waals surface area contributed by atoms with E-state index in [1.165, 1.54) is 0 Å². The van der Waals surface area contributed by atoms with E-state index in [9.17, 15) is 0 Å². The molecule has 1 fully saturated rings. The predicted molar refractivity (Wildman–Crippen MR) is 64.7 cm³/mol. The van der Waals surface area contributed by atoms with Crippen LogP contribution in [0.25, 0.3) is 0 Å². The Morgan fingerprint density at radius 2 is 2.39 bits per heavy atom. The minimum Gasteiger partial charge on any atom is -0.348 e. The number of aromatic nitrogens is 4. The van der Waals surface area contributed by atoms with Gasteiger partial charge in [-0.05, 0) is 11.8 Å². The molecule has 2 aromatic heterocycles. The van der Waals surface area contributed by atoms with Gasteiger partial charge in [0.05, 0.1) is 12.4 Å². The summed E-state index contributed by atoms with van der Waals surface area (Å²) in [4.78, 5) is 11.4. The van der Waals surface area contributed by atoms with Crippen molar-refractivity contribution in [1.82, 2.24) is 20.1 Å². The molecule has 2 heterocycles. The fourth-order valence-corrected chi connectivity index (χ4v) is 2.17. The van der Waals surface area contributed by atoms with Gasteiger partial charge in [-0.2, -0.15) is 4.98 Å². The van der Waals surface area contributed by atoms with Crippen molar-refractivity contribution in [2.75, 3.05) is 0 Å². The van der Waals surface area contributed by atoms with E-state index in [-0.39, 0.29) is 6.04 Å². The van der Waals surface area contributed by atoms with Gasteiger partial charge >= 0.3 is 0 Å². The van der Waals surface area contributed by atoms with E-state index in [2.05, 4.69) is 34.0 Å². The highest BCUT2D eigenvalue weighted by Crippen LogP contribution is 2.57. The largest absolute Gasteiger partial charge is 0.348 e. The zero-order valence-corrected chi connectivity index (χ0v) is 10.6. The first-order chi connectivity index (χ1) is 8.56. The zero-order valence-electron chi connectivity index (χ0n) is 10.6. The molecule has 0 aromatic carbocycles. The van der Waals surface area contributed by atoms with E-state index in [1.807, 2.05) is 0 Å². The van der Waals surface area contributed by atoms with Crippen molar-refractivity contribution in [1.29, 1.82) is 0 Å². The Bertz CT molecular complexity index is 530. The average molecular weight is 247 g/mol. The van der Waals surface area contributed by atoms with E-state index in [0.29, 0.717) is 23.6 Å². The maximum atomic E-state index is 6.04. The number of hydrogen-bond acceptors (Lipinski definition) is 5. The highest BCUT2D eigenvalue weighted by atomic mass is 16.5. The summed E-state index contributed by atoms with van der Waals surface area (Å²) in [5, 5.41) is 4.03. The molecule has 2 unspecified atom stereocenters. The van der Waals surface area contributed by atoms with Gasteiger partial charge in [0, 0.05) is 24.2 Å². The number of rotatable bonds is 4. The molecule has 96 valence electrons. The fourth-order valence-electron chi connectivity index (χ4n) is 2.17. The van der Waals surface area contributed by atoms with Crippen molar-refractivity contribution in [3.63, 3.8) is 0 Å². The maximum absolute atomic E-state index is 6.04. The quantitative estimate of drug-likeness (QED) is 0.854. The lowest BCUT2D eigenvalue weighted by atomic mass is 10.1. The van der Waals surface area contributed by atoms with Gasteiger partial charge in [0.2, 0.25) is 5.89 Å². The highest BCUT2D eigenvalue weighted by molar-refractivity contribution is 5.15. The van der Waals surface area contributed by atoms with Crippen LogP contribution in [0.2, 0.25) is 0 Å². The van der Waals surface area contributed by atoms with E-state index >= 15 is 0 Å². The van der Waals surface area contributed by atoms with Gasteiger partial charge in [-0.3, -0.25) is 0 Å². The third-order valence-electron chi connectivity index (χ3n) is 3.59. The first-order valence-electron chi connectivity index (χ1n) is 6.12. The molecule has 0 bridgehead atoms. The van der Waals surface area contributed by atoms with Gasteiger partial charge in [0.15, 0.2) is 5.82 Å². The van der Waals surface area contributed by atoms with Crippen LogP contribution in [0.5, 0.6) is 0 Å². The molecule has 6 heteroatoms. The van der Waals surface area contributed by atoms with Crippen LogP contribution < -0.4 is 5.73 Å². The van der Waals surface area contributed by atoms with Crippen LogP contribution in [0, 0.1) is 5.41 Å². The normalized spacial score (nSPS) is 22.9. The molecule has 1 saturated carbocycles. The van der Waals surface area contributed by atoms with Gasteiger partial charge < -0.3 is 15.2 Å². The Kier molecular flexibility index (Phi) is 2.48. The minimum atomic E-state index is -0.284. The molecule has 0 spiro atoms. The summed E-state index contributed by atoms with van der Waals surface area (Å²) in [6, 6.07) is -0.284. The molecule has 2 atom stereocenters. The fraction of sp³-hybridized carbons (Fsp3) is 0.583. The van der Waals surface area contributed by atoms with Gasteiger partial charge in [0.1, 0.15) is 0 Å². The summed E-state index contributed by atoms with van der Waals surface area (Å²) >= 11 is 0. The molecule has 1 aliphatic carbocycles. The lowest BCUT2D eigenvalue weighted by Gasteiger charge is -2.03. The number of nitrogens with two attached hydrogens (primary N) is 1. The molecular weight excluding hydrogens is 230 g/mol. The van der Waals surface area contributed by atoms with E-state index in [1.54, 1.807) is 12.5 Å². The van der Waals surface area contributed by atoms with Crippen molar-refractivity contribution in [2.45, 2.75) is 38.6 Å². The molecular formula is C12H17N5O. The second-order valence-corrected chi connectivity index (χ2v) is 5.62. The molecule has 0 radical (unpaired) electrons. The van der Waals surface area contributed by atoms with E-state index in [0.717, 1.165) is 17.9 Å². The number of aromatic amines is 1. The van der Waals surface area contributed by atoms with Gasteiger partial charge in [0.25, 0.3) is 0 Å². The number of H-pyrrole nitrogens is 1. The average Bonchev–Trinajstić information content (AvgIpc) is 2.82. The lowest BCUT2D eigenvalue weighted by Crippen LogP contribution is -2.14. The van der Waals surface area contributed by atoms with Crippen molar-refractivity contribution in [3.8, 4) is 0 Å². The molecule has 2 aromatic rings. The van der Waals surface area contributed by atoms with Crippen LogP contribution in [0.4, 0.5) is 0 Å². The molecule has 3 rings (SSSR count). The SMILES string of the molecule is CC1(C)CC1c1noc(C(N)Cc2cnc[nH]2)n1. The van der Waals surface area contributed by atoms with Crippen LogP contribution >= 0.6 is 0 Å². The predicted octanol–water partition coefficient (Wildman–Crippen LogP) is 1.55. The molecule has 1 aliphatic rings. The molecule has 18 heavy (non-hydrogen) atoms. The van der Waals surface area contributed by atoms with Crippen LogP contribution in [0.3, 0.4) is 0 Å². The monoisotopic (exact) mass is 247 g/mol. The highest BCUT2D eigenvalue weighted by Gasteiger charge is 2.49. The number of nitrogens with zero attached hydrogens (tertiary/aromatic N) is 3. The first kappa shape index (κ1) is 11.4. The summed E-state index contributed by atoms with van der Waals surface area (Å²) in [7, 11) is 0. The van der Waals surface area contributed by atoms with Gasteiger partial charge in [-0.25, -0.2) is 4.98 Å². The molecule has 0 saturated heterocycles. The summed E-state index contributed by atoms with van der Waals surface area (Å²) in [6.07, 6.45) is 5.12. The van der Waals surface area contributed by atoms with Crippen LogP contribution in [0.15, 0.2) is 17.0 Å². The third-order valence-corrected chi connectivity index (χ3v) is 3.59. The lowest BCUT2D eigenvalue weighted by molar-refractivity contribution is 0.348. The summed E-state index contributed by atoms with van der Waals surface area (Å²) in [6.45, 7) is 4.41. The summed E-state index contributed by atoms with van der Waals surface area (Å²) in [5.74, 6) is 1.70. The molecule has 3 N–H and O–H groups in total. The van der Waals surface area contributed by atoms with E-state index in [4.69, 9.17) is 10.3 Å². The second kappa shape index (κ2) is 3.91. The Balaban J connectivity index is 1.69. The molecule has 0 amide bonds.